The second kappa shape index (κ2) is 11.0. The molecule has 6 nitrogen and oxygen atoms in total. The summed E-state index contributed by atoms with van der Waals surface area (Å²) in [6, 6.07) is 5.53. The van der Waals surface area contributed by atoms with Crippen LogP contribution in [0.1, 0.15) is 19.3 Å². The van der Waals surface area contributed by atoms with Crippen LogP contribution in [0.15, 0.2) is 23.2 Å². The van der Waals surface area contributed by atoms with Crippen molar-refractivity contribution in [3.63, 3.8) is 0 Å². The predicted octanol–water partition coefficient (Wildman–Crippen LogP) is 2.38. The lowest BCUT2D eigenvalue weighted by Crippen LogP contribution is -2.37. The van der Waals surface area contributed by atoms with E-state index in [1.807, 2.05) is 18.2 Å². The fourth-order valence-electron chi connectivity index (χ4n) is 2.14. The van der Waals surface area contributed by atoms with Gasteiger partial charge in [0.05, 0.1) is 20.8 Å². The number of halogens is 1. The summed E-state index contributed by atoms with van der Waals surface area (Å²) in [5, 5.41) is 6.59. The highest BCUT2D eigenvalue weighted by Crippen LogP contribution is 2.27. The van der Waals surface area contributed by atoms with Crippen LogP contribution in [0.4, 0.5) is 0 Å². The van der Waals surface area contributed by atoms with E-state index in [1.165, 1.54) is 6.42 Å². The van der Waals surface area contributed by atoms with Crippen LogP contribution in [-0.2, 0) is 0 Å². The van der Waals surface area contributed by atoms with Gasteiger partial charge >= 0.3 is 0 Å². The molecule has 0 radical (unpaired) electrons. The molecular formula is C16H26BrN3O3. The molecule has 1 aromatic carbocycles. The molecule has 0 spiro atoms. The maximum absolute atomic E-state index is 5.74. The minimum atomic E-state index is 0. The van der Waals surface area contributed by atoms with Crippen LogP contribution in [0, 0.1) is 0 Å². The van der Waals surface area contributed by atoms with Crippen molar-refractivity contribution in [2.75, 3.05) is 40.5 Å². The van der Waals surface area contributed by atoms with Crippen molar-refractivity contribution < 1.29 is 14.2 Å². The van der Waals surface area contributed by atoms with Crippen molar-refractivity contribution in [2.24, 2.45) is 4.99 Å². The van der Waals surface area contributed by atoms with Crippen LogP contribution in [0.25, 0.3) is 0 Å². The third-order valence-electron chi connectivity index (χ3n) is 3.35. The number of benzene rings is 1. The standard InChI is InChI=1S/C16H25N3O3.BrH/c1-20-13-10-14(21-2)12-15(11-13)22-9-5-8-19-16-17-6-3-4-7-18-16;/h10-12H,3-9H2,1-2H3,(H2,17,18,19);1H. The highest BCUT2D eigenvalue weighted by molar-refractivity contribution is 8.93. The smallest absolute Gasteiger partial charge is 0.191 e. The molecule has 0 saturated carbocycles. The van der Waals surface area contributed by atoms with Gasteiger partial charge < -0.3 is 24.8 Å². The third kappa shape index (κ3) is 6.99. The van der Waals surface area contributed by atoms with Gasteiger partial charge in [0.25, 0.3) is 0 Å². The number of aliphatic imine (C=N–C) groups is 1. The maximum Gasteiger partial charge on any atom is 0.191 e. The van der Waals surface area contributed by atoms with Crippen LogP contribution in [0.5, 0.6) is 17.2 Å². The summed E-state index contributed by atoms with van der Waals surface area (Å²) in [5.41, 5.74) is 0. The zero-order valence-electron chi connectivity index (χ0n) is 13.8. The molecule has 0 fully saturated rings. The van der Waals surface area contributed by atoms with Crippen LogP contribution in [0.2, 0.25) is 0 Å². The third-order valence-corrected chi connectivity index (χ3v) is 3.35. The summed E-state index contributed by atoms with van der Waals surface area (Å²) in [7, 11) is 3.26. The van der Waals surface area contributed by atoms with E-state index in [2.05, 4.69) is 15.6 Å². The molecule has 2 N–H and O–H groups in total. The van der Waals surface area contributed by atoms with Crippen molar-refractivity contribution in [2.45, 2.75) is 19.3 Å². The van der Waals surface area contributed by atoms with Crippen molar-refractivity contribution >= 4 is 22.9 Å². The molecule has 1 aromatic rings. The summed E-state index contributed by atoms with van der Waals surface area (Å²) in [6.07, 6.45) is 3.22. The number of hydrogen-bond acceptors (Lipinski definition) is 6. The van der Waals surface area contributed by atoms with Gasteiger partial charge in [0.2, 0.25) is 0 Å². The highest BCUT2D eigenvalue weighted by atomic mass is 79.9. The number of nitrogens with one attached hydrogen (secondary N) is 2. The topological polar surface area (TPSA) is 64.1 Å². The van der Waals surface area contributed by atoms with Gasteiger partial charge in [-0.05, 0) is 19.3 Å². The van der Waals surface area contributed by atoms with Crippen molar-refractivity contribution in [3.8, 4) is 17.2 Å². The van der Waals surface area contributed by atoms with E-state index in [1.54, 1.807) is 14.2 Å². The molecule has 0 atom stereocenters. The summed E-state index contributed by atoms with van der Waals surface area (Å²) in [5.74, 6) is 3.11. The van der Waals surface area contributed by atoms with Gasteiger partial charge in [0.15, 0.2) is 5.96 Å². The van der Waals surface area contributed by atoms with E-state index in [4.69, 9.17) is 14.2 Å². The molecule has 0 amide bonds. The van der Waals surface area contributed by atoms with Gasteiger partial charge in [0, 0.05) is 37.8 Å². The molecule has 0 aliphatic carbocycles. The lowest BCUT2D eigenvalue weighted by Gasteiger charge is -2.12. The Morgan fingerprint density at radius 1 is 1.09 bits per heavy atom. The fourth-order valence-corrected chi connectivity index (χ4v) is 2.14. The van der Waals surface area contributed by atoms with E-state index in [0.29, 0.717) is 6.61 Å². The first-order chi connectivity index (χ1) is 10.8. The predicted molar refractivity (Wildman–Crippen MR) is 97.5 cm³/mol. The van der Waals surface area contributed by atoms with Gasteiger partial charge in [0.1, 0.15) is 17.2 Å². The average Bonchev–Trinajstić information content (AvgIpc) is 2.83. The van der Waals surface area contributed by atoms with Crippen LogP contribution >= 0.6 is 17.0 Å². The lowest BCUT2D eigenvalue weighted by molar-refractivity contribution is 0.305. The Hall–Kier alpha value is -1.63. The Morgan fingerprint density at radius 3 is 2.48 bits per heavy atom. The number of ether oxygens (including phenoxy) is 3. The van der Waals surface area contributed by atoms with Crippen molar-refractivity contribution in [3.05, 3.63) is 18.2 Å². The molecule has 1 heterocycles. The Morgan fingerprint density at radius 2 is 1.78 bits per heavy atom. The van der Waals surface area contributed by atoms with E-state index in [9.17, 15) is 0 Å². The Bertz CT molecular complexity index is 475. The van der Waals surface area contributed by atoms with E-state index in [0.717, 1.165) is 55.7 Å². The summed E-state index contributed by atoms with van der Waals surface area (Å²) < 4.78 is 16.2. The van der Waals surface area contributed by atoms with E-state index < -0.39 is 0 Å². The summed E-state index contributed by atoms with van der Waals surface area (Å²) in [4.78, 5) is 4.44. The molecule has 1 aliphatic heterocycles. The zero-order valence-corrected chi connectivity index (χ0v) is 15.5. The monoisotopic (exact) mass is 387 g/mol. The molecule has 0 aromatic heterocycles. The van der Waals surface area contributed by atoms with E-state index >= 15 is 0 Å². The molecule has 7 heteroatoms. The Balaban J connectivity index is 0.00000264. The van der Waals surface area contributed by atoms with E-state index in [-0.39, 0.29) is 17.0 Å². The Kier molecular flexibility index (Phi) is 9.28. The minimum Gasteiger partial charge on any atom is -0.496 e. The van der Waals surface area contributed by atoms with Gasteiger partial charge in [-0.15, -0.1) is 17.0 Å². The SMILES string of the molecule is Br.COc1cc(OC)cc(OCCCNC2=NCCCCN2)c1. The number of rotatable bonds is 7. The van der Waals surface area contributed by atoms with Crippen molar-refractivity contribution in [1.82, 2.24) is 10.6 Å². The molecule has 0 unspecified atom stereocenters. The first-order valence-corrected chi connectivity index (χ1v) is 7.70. The first kappa shape index (κ1) is 19.4. The Labute approximate surface area is 148 Å². The maximum atomic E-state index is 5.74. The van der Waals surface area contributed by atoms with Crippen LogP contribution in [-0.4, -0.2) is 46.4 Å². The zero-order chi connectivity index (χ0) is 15.6. The number of guanidine groups is 1. The van der Waals surface area contributed by atoms with Crippen molar-refractivity contribution in [1.29, 1.82) is 0 Å². The van der Waals surface area contributed by atoms with Crippen LogP contribution < -0.4 is 24.8 Å². The normalized spacial score (nSPS) is 13.7. The largest absolute Gasteiger partial charge is 0.496 e. The number of hydrogen-bond donors (Lipinski definition) is 2. The number of methoxy groups -OCH3 is 2. The van der Waals surface area contributed by atoms with Gasteiger partial charge in [-0.1, -0.05) is 0 Å². The quantitative estimate of drug-likeness (QED) is 0.703. The second-order valence-corrected chi connectivity index (χ2v) is 5.04. The fraction of sp³-hybridized carbons (Fsp3) is 0.562. The highest BCUT2D eigenvalue weighted by Gasteiger charge is 2.04. The summed E-state index contributed by atoms with van der Waals surface area (Å²) in [6.45, 7) is 3.34. The van der Waals surface area contributed by atoms with Gasteiger partial charge in [-0.25, -0.2) is 0 Å². The second-order valence-electron chi connectivity index (χ2n) is 5.04. The molecule has 0 saturated heterocycles. The first-order valence-electron chi connectivity index (χ1n) is 7.70. The molecular weight excluding hydrogens is 362 g/mol. The minimum absolute atomic E-state index is 0. The lowest BCUT2D eigenvalue weighted by atomic mass is 10.3. The number of nitrogens with zero attached hydrogens (tertiary/aromatic N) is 1. The molecule has 130 valence electrons. The molecule has 0 bridgehead atoms. The average molecular weight is 388 g/mol. The van der Waals surface area contributed by atoms with Crippen LogP contribution in [0.3, 0.4) is 0 Å². The summed E-state index contributed by atoms with van der Waals surface area (Å²) >= 11 is 0. The van der Waals surface area contributed by atoms with Gasteiger partial charge in [-0.3, -0.25) is 4.99 Å². The molecule has 1 aliphatic rings. The van der Waals surface area contributed by atoms with Gasteiger partial charge in [-0.2, -0.15) is 0 Å². The molecule has 23 heavy (non-hydrogen) atoms. The molecule has 2 rings (SSSR count).